The first kappa shape index (κ1) is 14.4. The normalized spacial score (nSPS) is 10.9. The molecule has 0 unspecified atom stereocenters. The lowest BCUT2D eigenvalue weighted by Crippen LogP contribution is -2.37. The van der Waals surface area contributed by atoms with Crippen LogP contribution in [-0.2, 0) is 6.42 Å². The number of carbonyl (C=O) groups is 1. The first-order chi connectivity index (χ1) is 8.11. The summed E-state index contributed by atoms with van der Waals surface area (Å²) in [5.41, 5.74) is 0.788. The number of rotatable bonds is 6. The summed E-state index contributed by atoms with van der Waals surface area (Å²) in [5, 5.41) is 3.97. The number of amides is 1. The maximum atomic E-state index is 12.3. The van der Waals surface area contributed by atoms with Gasteiger partial charge in [0, 0.05) is 18.5 Å². The number of nitrogens with zero attached hydrogens (tertiary/aromatic N) is 3. The van der Waals surface area contributed by atoms with Crippen LogP contribution in [0.5, 0.6) is 0 Å². The summed E-state index contributed by atoms with van der Waals surface area (Å²) < 4.78 is 3.85. The molecule has 1 amide bonds. The molecule has 96 valence electrons. The summed E-state index contributed by atoms with van der Waals surface area (Å²) in [5.74, 6) is 0.593. The summed E-state index contributed by atoms with van der Waals surface area (Å²) >= 11 is 6.85. The van der Waals surface area contributed by atoms with Crippen LogP contribution in [0.1, 0.15) is 42.6 Å². The second kappa shape index (κ2) is 6.91. The molecular formula is C11H18ClN3OS. The quantitative estimate of drug-likeness (QED) is 0.750. The lowest BCUT2D eigenvalue weighted by atomic mass is 10.2. The van der Waals surface area contributed by atoms with Gasteiger partial charge in [-0.1, -0.05) is 11.4 Å². The van der Waals surface area contributed by atoms with Crippen molar-refractivity contribution in [1.82, 2.24) is 14.5 Å². The minimum absolute atomic E-state index is 0.0250. The van der Waals surface area contributed by atoms with E-state index >= 15 is 0 Å². The lowest BCUT2D eigenvalue weighted by molar-refractivity contribution is 0.0710. The predicted molar refractivity (Wildman–Crippen MR) is 70.8 cm³/mol. The van der Waals surface area contributed by atoms with Crippen molar-refractivity contribution in [2.45, 2.75) is 39.7 Å². The van der Waals surface area contributed by atoms with Gasteiger partial charge in [0.1, 0.15) is 4.88 Å². The van der Waals surface area contributed by atoms with E-state index in [1.54, 1.807) is 0 Å². The van der Waals surface area contributed by atoms with Gasteiger partial charge < -0.3 is 4.90 Å². The first-order valence-electron chi connectivity index (χ1n) is 5.80. The highest BCUT2D eigenvalue weighted by atomic mass is 35.5. The van der Waals surface area contributed by atoms with E-state index in [0.717, 1.165) is 18.5 Å². The standard InChI is InChI=1S/C11H18ClN3OS/c1-4-9-10(17-14-13-9)11(16)15(8(2)3)7-5-6-12/h8H,4-7H2,1-3H3. The molecule has 0 aliphatic heterocycles. The molecule has 0 aliphatic carbocycles. The summed E-state index contributed by atoms with van der Waals surface area (Å²) in [4.78, 5) is 14.8. The monoisotopic (exact) mass is 275 g/mol. The van der Waals surface area contributed by atoms with Crippen LogP contribution in [0.2, 0.25) is 0 Å². The van der Waals surface area contributed by atoms with Gasteiger partial charge in [0.05, 0.1) is 5.69 Å². The molecule has 0 spiro atoms. The highest BCUT2D eigenvalue weighted by molar-refractivity contribution is 7.08. The molecule has 17 heavy (non-hydrogen) atoms. The van der Waals surface area contributed by atoms with E-state index in [0.29, 0.717) is 17.3 Å². The molecule has 0 aromatic carbocycles. The SMILES string of the molecule is CCc1nnsc1C(=O)N(CCCCl)C(C)C. The molecule has 0 radical (unpaired) electrons. The Morgan fingerprint density at radius 3 is 2.76 bits per heavy atom. The van der Waals surface area contributed by atoms with Gasteiger partial charge in [0.2, 0.25) is 0 Å². The van der Waals surface area contributed by atoms with Gasteiger partial charge in [-0.15, -0.1) is 16.7 Å². The Balaban J connectivity index is 2.84. The number of carbonyl (C=O) groups excluding carboxylic acids is 1. The van der Waals surface area contributed by atoms with Crippen LogP contribution in [0.4, 0.5) is 0 Å². The van der Waals surface area contributed by atoms with E-state index in [9.17, 15) is 4.79 Å². The third-order valence-electron chi connectivity index (χ3n) is 2.50. The zero-order chi connectivity index (χ0) is 12.8. The maximum Gasteiger partial charge on any atom is 0.267 e. The third kappa shape index (κ3) is 3.64. The summed E-state index contributed by atoms with van der Waals surface area (Å²) in [6, 6.07) is 0.164. The first-order valence-corrected chi connectivity index (χ1v) is 7.10. The van der Waals surface area contributed by atoms with E-state index in [1.165, 1.54) is 11.5 Å². The van der Waals surface area contributed by atoms with Crippen molar-refractivity contribution in [3.8, 4) is 0 Å². The molecule has 1 aromatic rings. The van der Waals surface area contributed by atoms with Crippen LogP contribution in [0.15, 0.2) is 0 Å². The molecule has 1 heterocycles. The van der Waals surface area contributed by atoms with Crippen LogP contribution in [-0.4, -0.2) is 38.9 Å². The second-order valence-corrected chi connectivity index (χ2v) is 5.17. The molecule has 0 aliphatic rings. The van der Waals surface area contributed by atoms with E-state index in [2.05, 4.69) is 9.59 Å². The molecule has 0 saturated carbocycles. The summed E-state index contributed by atoms with van der Waals surface area (Å²) in [7, 11) is 0. The minimum Gasteiger partial charge on any atom is -0.335 e. The average Bonchev–Trinajstić information content (AvgIpc) is 2.76. The molecule has 6 heteroatoms. The van der Waals surface area contributed by atoms with Crippen molar-refractivity contribution in [1.29, 1.82) is 0 Å². The molecular weight excluding hydrogens is 258 g/mol. The highest BCUT2D eigenvalue weighted by Crippen LogP contribution is 2.16. The Morgan fingerprint density at radius 1 is 1.53 bits per heavy atom. The summed E-state index contributed by atoms with van der Waals surface area (Å²) in [6.45, 7) is 6.67. The van der Waals surface area contributed by atoms with Crippen molar-refractivity contribution < 1.29 is 4.79 Å². The minimum atomic E-state index is 0.0250. The fourth-order valence-corrected chi connectivity index (χ4v) is 2.38. The van der Waals surface area contributed by atoms with Crippen molar-refractivity contribution in [2.24, 2.45) is 0 Å². The van der Waals surface area contributed by atoms with Gasteiger partial charge in [-0.05, 0) is 38.2 Å². The number of hydrogen-bond acceptors (Lipinski definition) is 4. The van der Waals surface area contributed by atoms with Crippen molar-refractivity contribution in [2.75, 3.05) is 12.4 Å². The maximum absolute atomic E-state index is 12.3. The number of hydrogen-bond donors (Lipinski definition) is 0. The molecule has 0 saturated heterocycles. The highest BCUT2D eigenvalue weighted by Gasteiger charge is 2.23. The molecule has 0 fully saturated rings. The Labute approximate surface area is 111 Å². The van der Waals surface area contributed by atoms with E-state index in [4.69, 9.17) is 11.6 Å². The smallest absolute Gasteiger partial charge is 0.267 e. The van der Waals surface area contributed by atoms with Gasteiger partial charge >= 0.3 is 0 Å². The second-order valence-electron chi connectivity index (χ2n) is 4.04. The van der Waals surface area contributed by atoms with E-state index in [1.807, 2.05) is 25.7 Å². The van der Waals surface area contributed by atoms with Crippen LogP contribution in [0, 0.1) is 0 Å². The zero-order valence-corrected chi connectivity index (χ0v) is 12.0. The topological polar surface area (TPSA) is 46.1 Å². The van der Waals surface area contributed by atoms with Gasteiger partial charge in [-0.25, -0.2) is 0 Å². The number of alkyl halides is 1. The van der Waals surface area contributed by atoms with Crippen molar-refractivity contribution in [3.05, 3.63) is 10.6 Å². The van der Waals surface area contributed by atoms with Gasteiger partial charge in [-0.3, -0.25) is 4.79 Å². The van der Waals surface area contributed by atoms with Crippen LogP contribution in [0.3, 0.4) is 0 Å². The lowest BCUT2D eigenvalue weighted by Gasteiger charge is -2.26. The summed E-state index contributed by atoms with van der Waals surface area (Å²) in [6.07, 6.45) is 1.54. The van der Waals surface area contributed by atoms with Crippen LogP contribution < -0.4 is 0 Å². The van der Waals surface area contributed by atoms with Crippen LogP contribution in [0.25, 0.3) is 0 Å². The largest absolute Gasteiger partial charge is 0.335 e. The molecule has 0 N–H and O–H groups in total. The third-order valence-corrected chi connectivity index (χ3v) is 3.53. The van der Waals surface area contributed by atoms with Crippen molar-refractivity contribution in [3.63, 3.8) is 0 Å². The van der Waals surface area contributed by atoms with Crippen LogP contribution >= 0.6 is 23.1 Å². The molecule has 1 aromatic heterocycles. The molecule has 0 bridgehead atoms. The zero-order valence-electron chi connectivity index (χ0n) is 10.4. The van der Waals surface area contributed by atoms with E-state index in [-0.39, 0.29) is 11.9 Å². The Kier molecular flexibility index (Phi) is 5.85. The Hall–Kier alpha value is -0.680. The van der Waals surface area contributed by atoms with Gasteiger partial charge in [0.25, 0.3) is 5.91 Å². The Morgan fingerprint density at radius 2 is 2.24 bits per heavy atom. The number of aromatic nitrogens is 2. The van der Waals surface area contributed by atoms with Gasteiger partial charge in [0.15, 0.2) is 0 Å². The number of aryl methyl sites for hydroxylation is 1. The Bertz CT molecular complexity index is 367. The predicted octanol–water partition coefficient (Wildman–Crippen LogP) is 2.58. The van der Waals surface area contributed by atoms with Crippen molar-refractivity contribution >= 4 is 29.0 Å². The molecule has 1 rings (SSSR count). The fraction of sp³-hybridized carbons (Fsp3) is 0.727. The molecule has 0 atom stereocenters. The molecule has 4 nitrogen and oxygen atoms in total. The number of halogens is 1. The van der Waals surface area contributed by atoms with E-state index < -0.39 is 0 Å². The fourth-order valence-electron chi connectivity index (χ4n) is 1.56. The van der Waals surface area contributed by atoms with Gasteiger partial charge in [-0.2, -0.15) is 0 Å². The average molecular weight is 276 g/mol.